The van der Waals surface area contributed by atoms with Gasteiger partial charge in [-0.05, 0) is 43.5 Å². The lowest BCUT2D eigenvalue weighted by atomic mass is 9.99. The summed E-state index contributed by atoms with van der Waals surface area (Å²) in [4.78, 5) is 11.5. The van der Waals surface area contributed by atoms with Crippen molar-refractivity contribution in [3.63, 3.8) is 0 Å². The van der Waals surface area contributed by atoms with Crippen LogP contribution in [0.1, 0.15) is 27.0 Å². The molecule has 1 aromatic carbocycles. The van der Waals surface area contributed by atoms with Crippen molar-refractivity contribution in [1.29, 1.82) is 0 Å². The van der Waals surface area contributed by atoms with Crippen molar-refractivity contribution in [1.82, 2.24) is 0 Å². The van der Waals surface area contributed by atoms with Gasteiger partial charge in [0.15, 0.2) is 0 Å². The van der Waals surface area contributed by atoms with Crippen LogP contribution in [0, 0.1) is 20.8 Å². The number of rotatable bonds is 2. The van der Waals surface area contributed by atoms with Crippen molar-refractivity contribution in [2.45, 2.75) is 20.8 Å². The molecule has 0 atom stereocenters. The highest BCUT2D eigenvalue weighted by Crippen LogP contribution is 2.29. The number of methoxy groups -OCH3 is 2. The molecule has 1 aromatic rings. The average molecular weight is 208 g/mol. The van der Waals surface area contributed by atoms with E-state index in [4.69, 9.17) is 9.47 Å². The molecule has 82 valence electrons. The highest BCUT2D eigenvalue weighted by molar-refractivity contribution is 5.93. The fraction of sp³-hybridized carbons (Fsp3) is 0.417. The van der Waals surface area contributed by atoms with Crippen molar-refractivity contribution in [2.75, 3.05) is 14.2 Å². The second-order valence-corrected chi connectivity index (χ2v) is 3.52. The van der Waals surface area contributed by atoms with E-state index in [0.29, 0.717) is 11.3 Å². The van der Waals surface area contributed by atoms with Crippen LogP contribution in [0.3, 0.4) is 0 Å². The molecule has 0 aliphatic heterocycles. The first-order valence-corrected chi connectivity index (χ1v) is 4.76. The number of benzene rings is 1. The maximum absolute atomic E-state index is 11.5. The van der Waals surface area contributed by atoms with E-state index in [9.17, 15) is 4.79 Å². The fourth-order valence-electron chi connectivity index (χ4n) is 1.58. The van der Waals surface area contributed by atoms with Crippen molar-refractivity contribution in [3.05, 3.63) is 28.3 Å². The van der Waals surface area contributed by atoms with E-state index in [1.165, 1.54) is 7.11 Å². The summed E-state index contributed by atoms with van der Waals surface area (Å²) in [6, 6.07) is 1.80. The number of esters is 1. The normalized spacial score (nSPS) is 9.93. The van der Waals surface area contributed by atoms with Crippen molar-refractivity contribution >= 4 is 5.97 Å². The lowest BCUT2D eigenvalue weighted by Crippen LogP contribution is -2.07. The monoisotopic (exact) mass is 208 g/mol. The van der Waals surface area contributed by atoms with Gasteiger partial charge >= 0.3 is 5.97 Å². The van der Waals surface area contributed by atoms with Crippen LogP contribution in [-0.4, -0.2) is 20.2 Å². The molecule has 0 spiro atoms. The maximum atomic E-state index is 11.5. The summed E-state index contributed by atoms with van der Waals surface area (Å²) in [6.45, 7) is 5.91. The maximum Gasteiger partial charge on any atom is 0.341 e. The van der Waals surface area contributed by atoms with E-state index in [0.717, 1.165) is 16.7 Å². The Balaban J connectivity index is 3.45. The summed E-state index contributed by atoms with van der Waals surface area (Å²) in [5.41, 5.74) is 3.67. The Labute approximate surface area is 90.0 Å². The predicted octanol–water partition coefficient (Wildman–Crippen LogP) is 2.41. The molecule has 0 saturated heterocycles. The second kappa shape index (κ2) is 4.34. The molecule has 0 fully saturated rings. The van der Waals surface area contributed by atoms with E-state index in [-0.39, 0.29) is 5.97 Å². The molecule has 0 unspecified atom stereocenters. The summed E-state index contributed by atoms with van der Waals surface area (Å²) in [5, 5.41) is 0. The van der Waals surface area contributed by atoms with E-state index in [1.54, 1.807) is 13.2 Å². The van der Waals surface area contributed by atoms with Crippen LogP contribution in [0.25, 0.3) is 0 Å². The van der Waals surface area contributed by atoms with Crippen molar-refractivity contribution in [3.8, 4) is 5.75 Å². The topological polar surface area (TPSA) is 35.5 Å². The van der Waals surface area contributed by atoms with Gasteiger partial charge < -0.3 is 9.47 Å². The standard InChI is InChI=1S/C12H16O3/c1-7-6-10(12(13)15-5)11(14-4)9(3)8(7)2/h6H,1-5H3. The summed E-state index contributed by atoms with van der Waals surface area (Å²) < 4.78 is 9.94. The second-order valence-electron chi connectivity index (χ2n) is 3.52. The number of aryl methyl sites for hydroxylation is 1. The van der Waals surface area contributed by atoms with Gasteiger partial charge in [-0.15, -0.1) is 0 Å². The molecule has 0 heterocycles. The van der Waals surface area contributed by atoms with E-state index >= 15 is 0 Å². The first kappa shape index (κ1) is 11.6. The minimum Gasteiger partial charge on any atom is -0.496 e. The first-order valence-electron chi connectivity index (χ1n) is 4.76. The number of carbonyl (C=O) groups excluding carboxylic acids is 1. The molecule has 0 saturated carbocycles. The summed E-state index contributed by atoms with van der Waals surface area (Å²) in [5.74, 6) is 0.239. The number of carbonyl (C=O) groups is 1. The Bertz CT molecular complexity index is 394. The van der Waals surface area contributed by atoms with Gasteiger partial charge in [0.05, 0.1) is 14.2 Å². The Kier molecular flexibility index (Phi) is 3.35. The molecule has 15 heavy (non-hydrogen) atoms. The molecule has 0 N–H and O–H groups in total. The Hall–Kier alpha value is -1.51. The summed E-state index contributed by atoms with van der Waals surface area (Å²) in [6.07, 6.45) is 0. The minimum absolute atomic E-state index is 0.363. The average Bonchev–Trinajstić information content (AvgIpc) is 2.24. The van der Waals surface area contributed by atoms with Crippen LogP contribution >= 0.6 is 0 Å². The van der Waals surface area contributed by atoms with Crippen LogP contribution in [0.15, 0.2) is 6.07 Å². The van der Waals surface area contributed by atoms with Crippen LogP contribution in [-0.2, 0) is 4.74 Å². The Morgan fingerprint density at radius 1 is 1.13 bits per heavy atom. The molecular weight excluding hydrogens is 192 g/mol. The highest BCUT2D eigenvalue weighted by atomic mass is 16.5. The van der Waals surface area contributed by atoms with Gasteiger partial charge in [-0.2, -0.15) is 0 Å². The molecule has 0 aliphatic carbocycles. The molecular formula is C12H16O3. The summed E-state index contributed by atoms with van der Waals surface area (Å²) >= 11 is 0. The fourth-order valence-corrected chi connectivity index (χ4v) is 1.58. The Morgan fingerprint density at radius 3 is 2.20 bits per heavy atom. The lowest BCUT2D eigenvalue weighted by molar-refractivity contribution is 0.0597. The first-order chi connectivity index (χ1) is 7.02. The lowest BCUT2D eigenvalue weighted by Gasteiger charge is -2.14. The molecule has 3 nitrogen and oxygen atoms in total. The molecule has 0 radical (unpaired) electrons. The molecule has 0 bridgehead atoms. The number of hydrogen-bond acceptors (Lipinski definition) is 3. The third-order valence-corrected chi connectivity index (χ3v) is 2.71. The van der Waals surface area contributed by atoms with E-state index in [2.05, 4.69) is 0 Å². The molecule has 0 aromatic heterocycles. The molecule has 0 aliphatic rings. The molecule has 3 heteroatoms. The molecule has 0 amide bonds. The van der Waals surface area contributed by atoms with Crippen LogP contribution in [0.2, 0.25) is 0 Å². The van der Waals surface area contributed by atoms with Crippen LogP contribution in [0.5, 0.6) is 5.75 Å². The van der Waals surface area contributed by atoms with Gasteiger partial charge in [0, 0.05) is 0 Å². The Morgan fingerprint density at radius 2 is 1.73 bits per heavy atom. The minimum atomic E-state index is -0.363. The van der Waals surface area contributed by atoms with Gasteiger partial charge in [0.1, 0.15) is 11.3 Å². The number of ether oxygens (including phenoxy) is 2. The zero-order chi connectivity index (χ0) is 11.6. The van der Waals surface area contributed by atoms with Gasteiger partial charge in [0.2, 0.25) is 0 Å². The van der Waals surface area contributed by atoms with Crippen molar-refractivity contribution < 1.29 is 14.3 Å². The smallest absolute Gasteiger partial charge is 0.341 e. The van der Waals surface area contributed by atoms with Gasteiger partial charge in [-0.3, -0.25) is 0 Å². The van der Waals surface area contributed by atoms with Gasteiger partial charge in [-0.1, -0.05) is 0 Å². The van der Waals surface area contributed by atoms with E-state index in [1.807, 2.05) is 20.8 Å². The third-order valence-electron chi connectivity index (χ3n) is 2.71. The summed E-state index contributed by atoms with van der Waals surface area (Å²) in [7, 11) is 2.93. The van der Waals surface area contributed by atoms with Gasteiger partial charge in [-0.25, -0.2) is 4.79 Å². The highest BCUT2D eigenvalue weighted by Gasteiger charge is 2.17. The zero-order valence-corrected chi connectivity index (χ0v) is 9.80. The quantitative estimate of drug-likeness (QED) is 0.700. The van der Waals surface area contributed by atoms with E-state index < -0.39 is 0 Å². The van der Waals surface area contributed by atoms with Gasteiger partial charge in [0.25, 0.3) is 0 Å². The third kappa shape index (κ3) is 1.96. The predicted molar refractivity (Wildman–Crippen MR) is 58.5 cm³/mol. The zero-order valence-electron chi connectivity index (χ0n) is 9.80. The SMILES string of the molecule is COC(=O)c1cc(C)c(C)c(C)c1OC. The van der Waals surface area contributed by atoms with Crippen molar-refractivity contribution in [2.24, 2.45) is 0 Å². The molecule has 1 rings (SSSR count). The largest absolute Gasteiger partial charge is 0.496 e. The van der Waals surface area contributed by atoms with Crippen LogP contribution < -0.4 is 4.74 Å². The number of hydrogen-bond donors (Lipinski definition) is 0. The van der Waals surface area contributed by atoms with Crippen LogP contribution in [0.4, 0.5) is 0 Å².